The van der Waals surface area contributed by atoms with Crippen molar-refractivity contribution >= 4 is 46.9 Å². The standard InChI is InChI=1S/C27H22ClF3N4O4/c28-20-6-8-22(9-7-20)35-15-18(12-25(35)37)26(38)34-32-14-17-4-10-23(11-5-17)39-16-24(36)33-21-3-1-2-19(13-21)27(29,30)31/h1-11,13-14,18H,12,15-16H2,(H,33,36)(H,34,38)/b32-14-/t18-/m0/s1. The Hall–Kier alpha value is -4.38. The van der Waals surface area contributed by atoms with Gasteiger partial charge in [0.1, 0.15) is 5.75 Å². The second-order valence-corrected chi connectivity index (χ2v) is 9.04. The number of hydrogen-bond donors (Lipinski definition) is 2. The van der Waals surface area contributed by atoms with Gasteiger partial charge in [-0.25, -0.2) is 5.43 Å². The molecule has 0 unspecified atom stereocenters. The Morgan fingerprint density at radius 1 is 1.08 bits per heavy atom. The molecule has 1 aliphatic rings. The lowest BCUT2D eigenvalue weighted by molar-refractivity contribution is -0.137. The molecular weight excluding hydrogens is 537 g/mol. The van der Waals surface area contributed by atoms with Gasteiger partial charge in [-0.15, -0.1) is 0 Å². The number of hydrogen-bond acceptors (Lipinski definition) is 5. The van der Waals surface area contributed by atoms with Gasteiger partial charge in [0.2, 0.25) is 11.8 Å². The number of carbonyl (C=O) groups excluding carboxylic acids is 3. The first kappa shape index (κ1) is 27.6. The van der Waals surface area contributed by atoms with Gasteiger partial charge in [-0.3, -0.25) is 14.4 Å². The van der Waals surface area contributed by atoms with Crippen LogP contribution in [0.15, 0.2) is 77.9 Å². The number of rotatable bonds is 8. The first-order valence-electron chi connectivity index (χ1n) is 11.7. The minimum atomic E-state index is -4.51. The topological polar surface area (TPSA) is 100 Å². The van der Waals surface area contributed by atoms with Crippen LogP contribution in [-0.2, 0) is 20.6 Å². The highest BCUT2D eigenvalue weighted by Crippen LogP contribution is 2.30. The third-order valence-corrected chi connectivity index (χ3v) is 6.00. The number of carbonyl (C=O) groups is 3. The summed E-state index contributed by atoms with van der Waals surface area (Å²) < 4.78 is 43.8. The van der Waals surface area contributed by atoms with Gasteiger partial charge in [-0.05, 0) is 72.3 Å². The zero-order chi connectivity index (χ0) is 28.0. The van der Waals surface area contributed by atoms with Crippen molar-refractivity contribution in [3.8, 4) is 5.75 Å². The van der Waals surface area contributed by atoms with Crippen LogP contribution in [-0.4, -0.2) is 37.1 Å². The van der Waals surface area contributed by atoms with Crippen LogP contribution in [0.5, 0.6) is 5.75 Å². The molecule has 0 spiro atoms. The molecular formula is C27H22ClF3N4O4. The Balaban J connectivity index is 1.22. The molecule has 4 rings (SSSR count). The van der Waals surface area contributed by atoms with Crippen LogP contribution in [0, 0.1) is 5.92 Å². The van der Waals surface area contributed by atoms with E-state index >= 15 is 0 Å². The maximum absolute atomic E-state index is 12.8. The predicted molar refractivity (Wildman–Crippen MR) is 140 cm³/mol. The summed E-state index contributed by atoms with van der Waals surface area (Å²) in [4.78, 5) is 38.4. The van der Waals surface area contributed by atoms with E-state index in [9.17, 15) is 27.6 Å². The van der Waals surface area contributed by atoms with Crippen molar-refractivity contribution in [1.82, 2.24) is 5.43 Å². The number of nitrogens with zero attached hydrogens (tertiary/aromatic N) is 2. The van der Waals surface area contributed by atoms with Crippen molar-refractivity contribution in [3.05, 3.63) is 88.9 Å². The molecule has 1 saturated heterocycles. The molecule has 12 heteroatoms. The highest BCUT2D eigenvalue weighted by atomic mass is 35.5. The number of hydrazone groups is 1. The Labute approximate surface area is 226 Å². The first-order chi connectivity index (χ1) is 18.6. The van der Waals surface area contributed by atoms with E-state index in [2.05, 4.69) is 15.8 Å². The minimum Gasteiger partial charge on any atom is -0.484 e. The molecule has 0 aliphatic carbocycles. The molecule has 3 aromatic rings. The zero-order valence-corrected chi connectivity index (χ0v) is 21.0. The molecule has 0 saturated carbocycles. The lowest BCUT2D eigenvalue weighted by Gasteiger charge is -2.16. The predicted octanol–water partition coefficient (Wildman–Crippen LogP) is 4.88. The Morgan fingerprint density at radius 2 is 1.79 bits per heavy atom. The average molecular weight is 559 g/mol. The third kappa shape index (κ3) is 7.57. The summed E-state index contributed by atoms with van der Waals surface area (Å²) in [6.45, 7) is -0.178. The van der Waals surface area contributed by atoms with E-state index < -0.39 is 30.2 Å². The Bertz CT molecular complexity index is 1380. The van der Waals surface area contributed by atoms with Crippen LogP contribution in [0.1, 0.15) is 17.5 Å². The maximum Gasteiger partial charge on any atom is 0.416 e. The van der Waals surface area contributed by atoms with Crippen LogP contribution in [0.3, 0.4) is 0 Å². The fraction of sp³-hybridized carbons (Fsp3) is 0.185. The average Bonchev–Trinajstić information content (AvgIpc) is 3.30. The molecule has 1 fully saturated rings. The van der Waals surface area contributed by atoms with Gasteiger partial charge < -0.3 is 15.0 Å². The summed E-state index contributed by atoms with van der Waals surface area (Å²) >= 11 is 5.89. The highest BCUT2D eigenvalue weighted by molar-refractivity contribution is 6.30. The van der Waals surface area contributed by atoms with Crippen molar-refractivity contribution in [3.63, 3.8) is 0 Å². The van der Waals surface area contributed by atoms with E-state index in [1.54, 1.807) is 48.5 Å². The molecule has 8 nitrogen and oxygen atoms in total. The van der Waals surface area contributed by atoms with Crippen LogP contribution in [0.4, 0.5) is 24.5 Å². The Kier molecular flexibility index (Phi) is 8.50. The molecule has 202 valence electrons. The monoisotopic (exact) mass is 558 g/mol. The van der Waals surface area contributed by atoms with Gasteiger partial charge in [0.05, 0.1) is 17.7 Å². The molecule has 39 heavy (non-hydrogen) atoms. The SMILES string of the molecule is O=C(COc1ccc(/C=N\NC(=O)[C@H]2CC(=O)N(c3ccc(Cl)cc3)C2)cc1)Nc1cccc(C(F)(F)F)c1. The normalized spacial score (nSPS) is 15.4. The van der Waals surface area contributed by atoms with Crippen molar-refractivity contribution in [2.24, 2.45) is 11.0 Å². The van der Waals surface area contributed by atoms with Crippen LogP contribution in [0.2, 0.25) is 5.02 Å². The van der Waals surface area contributed by atoms with Crippen molar-refractivity contribution in [2.75, 3.05) is 23.4 Å². The number of nitrogens with one attached hydrogen (secondary N) is 2. The number of alkyl halides is 3. The fourth-order valence-corrected chi connectivity index (χ4v) is 3.91. The summed E-state index contributed by atoms with van der Waals surface area (Å²) in [6, 6.07) is 17.5. The highest BCUT2D eigenvalue weighted by Gasteiger charge is 2.35. The smallest absolute Gasteiger partial charge is 0.416 e. The molecule has 0 radical (unpaired) electrons. The fourth-order valence-electron chi connectivity index (χ4n) is 3.78. The molecule has 1 atom stereocenters. The van der Waals surface area contributed by atoms with Crippen LogP contribution in [0.25, 0.3) is 0 Å². The zero-order valence-electron chi connectivity index (χ0n) is 20.2. The number of anilines is 2. The molecule has 2 N–H and O–H groups in total. The summed E-state index contributed by atoms with van der Waals surface area (Å²) in [7, 11) is 0. The molecule has 3 aromatic carbocycles. The van der Waals surface area contributed by atoms with E-state index in [1.807, 2.05) is 0 Å². The number of ether oxygens (including phenoxy) is 1. The van der Waals surface area contributed by atoms with Gasteiger partial charge in [0, 0.05) is 29.4 Å². The number of benzene rings is 3. The van der Waals surface area contributed by atoms with Crippen molar-refractivity contribution in [2.45, 2.75) is 12.6 Å². The third-order valence-electron chi connectivity index (χ3n) is 5.75. The lowest BCUT2D eigenvalue weighted by Crippen LogP contribution is -2.30. The van der Waals surface area contributed by atoms with Crippen molar-refractivity contribution < 1.29 is 32.3 Å². The molecule has 0 bridgehead atoms. The minimum absolute atomic E-state index is 0.00619. The molecule has 0 aromatic heterocycles. The van der Waals surface area contributed by atoms with Gasteiger partial charge in [0.25, 0.3) is 5.91 Å². The number of amides is 3. The van der Waals surface area contributed by atoms with Crippen LogP contribution >= 0.6 is 11.6 Å². The summed E-state index contributed by atoms with van der Waals surface area (Å²) in [6.07, 6.45) is -3.03. The molecule has 1 aliphatic heterocycles. The van der Waals surface area contributed by atoms with E-state index in [0.29, 0.717) is 22.0 Å². The van der Waals surface area contributed by atoms with E-state index in [-0.39, 0.29) is 30.5 Å². The van der Waals surface area contributed by atoms with Gasteiger partial charge in [-0.2, -0.15) is 18.3 Å². The van der Waals surface area contributed by atoms with E-state index in [4.69, 9.17) is 16.3 Å². The maximum atomic E-state index is 12.8. The van der Waals surface area contributed by atoms with Gasteiger partial charge in [0.15, 0.2) is 6.61 Å². The largest absolute Gasteiger partial charge is 0.484 e. The summed E-state index contributed by atoms with van der Waals surface area (Å²) in [5.41, 5.74) is 2.87. The van der Waals surface area contributed by atoms with E-state index in [0.717, 1.165) is 12.1 Å². The second-order valence-electron chi connectivity index (χ2n) is 8.60. The van der Waals surface area contributed by atoms with Gasteiger partial charge in [-0.1, -0.05) is 17.7 Å². The van der Waals surface area contributed by atoms with E-state index in [1.165, 1.54) is 23.2 Å². The quantitative estimate of drug-likeness (QED) is 0.304. The first-order valence-corrected chi connectivity index (χ1v) is 12.0. The molecule has 3 amide bonds. The Morgan fingerprint density at radius 3 is 2.49 bits per heavy atom. The van der Waals surface area contributed by atoms with Crippen LogP contribution < -0.4 is 20.4 Å². The van der Waals surface area contributed by atoms with Gasteiger partial charge >= 0.3 is 6.18 Å². The lowest BCUT2D eigenvalue weighted by atomic mass is 10.1. The molecule has 1 heterocycles. The summed E-state index contributed by atoms with van der Waals surface area (Å²) in [5.74, 6) is -1.38. The summed E-state index contributed by atoms with van der Waals surface area (Å²) in [5, 5.41) is 6.85. The second kappa shape index (κ2) is 12.0. The number of halogens is 4. The van der Waals surface area contributed by atoms with Crippen molar-refractivity contribution in [1.29, 1.82) is 0 Å².